The van der Waals surface area contributed by atoms with Gasteiger partial charge in [-0.05, 0) is 36.2 Å². The quantitative estimate of drug-likeness (QED) is 0.783. The van der Waals surface area contributed by atoms with E-state index in [9.17, 15) is 18.8 Å². The van der Waals surface area contributed by atoms with Crippen LogP contribution in [0.4, 0.5) is 10.1 Å². The van der Waals surface area contributed by atoms with E-state index in [0.717, 1.165) is 11.0 Å². The zero-order chi connectivity index (χ0) is 19.7. The first-order chi connectivity index (χ1) is 12.8. The maximum absolute atomic E-state index is 13.3. The highest BCUT2D eigenvalue weighted by atomic mass is 35.5. The number of hydrogen-bond acceptors (Lipinski definition) is 3. The Balaban J connectivity index is 1.93. The van der Waals surface area contributed by atoms with Crippen molar-refractivity contribution in [3.8, 4) is 0 Å². The summed E-state index contributed by atoms with van der Waals surface area (Å²) in [6.45, 7) is 3.67. The van der Waals surface area contributed by atoms with Crippen molar-refractivity contribution < 1.29 is 18.8 Å². The highest BCUT2D eigenvalue weighted by molar-refractivity contribution is 6.31. The highest BCUT2D eigenvalue weighted by Crippen LogP contribution is 2.29. The Labute approximate surface area is 161 Å². The van der Waals surface area contributed by atoms with Crippen LogP contribution in [0.1, 0.15) is 41.0 Å². The molecule has 140 valence electrons. The Morgan fingerprint density at radius 2 is 1.74 bits per heavy atom. The van der Waals surface area contributed by atoms with E-state index in [4.69, 9.17) is 11.6 Å². The molecule has 0 spiro atoms. The van der Waals surface area contributed by atoms with E-state index in [1.165, 1.54) is 12.1 Å². The Morgan fingerprint density at radius 3 is 2.26 bits per heavy atom. The fourth-order valence-corrected chi connectivity index (χ4v) is 3.28. The Morgan fingerprint density at radius 1 is 1.15 bits per heavy atom. The van der Waals surface area contributed by atoms with E-state index in [1.807, 2.05) is 6.92 Å². The monoisotopic (exact) mass is 388 g/mol. The van der Waals surface area contributed by atoms with Crippen LogP contribution in [0.25, 0.3) is 0 Å². The number of anilines is 1. The van der Waals surface area contributed by atoms with E-state index >= 15 is 0 Å². The van der Waals surface area contributed by atoms with Crippen molar-refractivity contribution in [1.29, 1.82) is 0 Å². The molecule has 0 aliphatic carbocycles. The molecule has 5 nitrogen and oxygen atoms in total. The first-order valence-corrected chi connectivity index (χ1v) is 8.95. The number of halogens is 2. The average molecular weight is 389 g/mol. The maximum Gasteiger partial charge on any atom is 0.262 e. The van der Waals surface area contributed by atoms with Crippen LogP contribution in [-0.2, 0) is 4.79 Å². The van der Waals surface area contributed by atoms with E-state index in [2.05, 4.69) is 5.32 Å². The molecule has 0 radical (unpaired) electrons. The van der Waals surface area contributed by atoms with Crippen LogP contribution in [0, 0.1) is 11.7 Å². The molecule has 7 heteroatoms. The third kappa shape index (κ3) is 3.45. The summed E-state index contributed by atoms with van der Waals surface area (Å²) in [5.41, 5.74) is 0.859. The van der Waals surface area contributed by atoms with Crippen molar-refractivity contribution in [2.45, 2.75) is 26.3 Å². The van der Waals surface area contributed by atoms with Crippen molar-refractivity contribution in [1.82, 2.24) is 4.90 Å². The number of amides is 3. The standard InChI is InChI=1S/C20H18ClFN2O3/c1-3-11(2)17(18(25)23-12-8-9-16(22)15(21)10-12)24-19(26)13-6-4-5-7-14(13)20(24)27/h4-11,17H,3H2,1-2H3,(H,23,25). The topological polar surface area (TPSA) is 66.5 Å². The third-order valence-corrected chi connectivity index (χ3v) is 5.03. The van der Waals surface area contributed by atoms with Gasteiger partial charge >= 0.3 is 0 Å². The number of benzene rings is 2. The second-order valence-corrected chi connectivity index (χ2v) is 6.88. The van der Waals surface area contributed by atoms with Gasteiger partial charge in [-0.15, -0.1) is 0 Å². The van der Waals surface area contributed by atoms with Crippen LogP contribution < -0.4 is 5.32 Å². The number of nitrogens with zero attached hydrogens (tertiary/aromatic N) is 1. The fourth-order valence-electron chi connectivity index (χ4n) is 3.10. The van der Waals surface area contributed by atoms with Gasteiger partial charge in [-0.3, -0.25) is 19.3 Å². The highest BCUT2D eigenvalue weighted by Gasteiger charge is 2.44. The Kier molecular flexibility index (Phi) is 5.28. The van der Waals surface area contributed by atoms with E-state index in [0.29, 0.717) is 6.42 Å². The molecule has 2 atom stereocenters. The molecule has 2 aromatic rings. The van der Waals surface area contributed by atoms with Crippen molar-refractivity contribution in [2.75, 3.05) is 5.32 Å². The molecular formula is C20H18ClFN2O3. The lowest BCUT2D eigenvalue weighted by Crippen LogP contribution is -2.50. The smallest absolute Gasteiger partial charge is 0.262 e. The Bertz CT molecular complexity index is 896. The van der Waals surface area contributed by atoms with Gasteiger partial charge in [0.15, 0.2) is 0 Å². The largest absolute Gasteiger partial charge is 0.324 e. The van der Waals surface area contributed by atoms with Gasteiger partial charge in [0.05, 0.1) is 16.1 Å². The normalized spacial score (nSPS) is 15.5. The van der Waals surface area contributed by atoms with Gasteiger partial charge in [0.25, 0.3) is 11.8 Å². The van der Waals surface area contributed by atoms with Crippen LogP contribution in [0.3, 0.4) is 0 Å². The summed E-state index contributed by atoms with van der Waals surface area (Å²) in [5.74, 6) is -2.39. The molecule has 1 N–H and O–H groups in total. The lowest BCUT2D eigenvalue weighted by Gasteiger charge is -2.29. The summed E-state index contributed by atoms with van der Waals surface area (Å²) in [6.07, 6.45) is 0.579. The van der Waals surface area contributed by atoms with E-state index < -0.39 is 29.6 Å². The van der Waals surface area contributed by atoms with Gasteiger partial charge in [-0.1, -0.05) is 44.0 Å². The molecule has 0 bridgehead atoms. The number of fused-ring (bicyclic) bond motifs is 1. The SMILES string of the molecule is CCC(C)C(C(=O)Nc1ccc(F)c(Cl)c1)N1C(=O)c2ccccc2C1=O. The first-order valence-electron chi connectivity index (χ1n) is 8.58. The predicted molar refractivity (Wildman–Crippen MR) is 100 cm³/mol. The Hall–Kier alpha value is -2.73. The molecular weight excluding hydrogens is 371 g/mol. The molecule has 1 aliphatic rings. The number of rotatable bonds is 5. The van der Waals surface area contributed by atoms with Crippen molar-refractivity contribution in [3.05, 3.63) is 64.4 Å². The minimum absolute atomic E-state index is 0.131. The molecule has 0 saturated heterocycles. The molecule has 0 saturated carbocycles. The number of imide groups is 1. The van der Waals surface area contributed by atoms with Gasteiger partial charge in [-0.25, -0.2) is 4.39 Å². The van der Waals surface area contributed by atoms with Gasteiger partial charge in [0.1, 0.15) is 11.9 Å². The number of carbonyl (C=O) groups excluding carboxylic acids is 3. The van der Waals surface area contributed by atoms with Crippen molar-refractivity contribution in [3.63, 3.8) is 0 Å². The lowest BCUT2D eigenvalue weighted by atomic mass is 9.96. The molecule has 2 aromatic carbocycles. The number of carbonyl (C=O) groups is 3. The zero-order valence-electron chi connectivity index (χ0n) is 14.8. The van der Waals surface area contributed by atoms with Crippen LogP contribution in [0.15, 0.2) is 42.5 Å². The minimum atomic E-state index is -0.994. The summed E-state index contributed by atoms with van der Waals surface area (Å²) >= 11 is 5.76. The predicted octanol–water partition coefficient (Wildman–Crippen LogP) is 4.13. The first kappa shape index (κ1) is 19.0. The molecule has 27 heavy (non-hydrogen) atoms. The summed E-state index contributed by atoms with van der Waals surface area (Å²) in [7, 11) is 0. The van der Waals surface area contributed by atoms with Gasteiger partial charge in [-0.2, -0.15) is 0 Å². The van der Waals surface area contributed by atoms with Gasteiger partial charge in [0, 0.05) is 5.69 Å². The minimum Gasteiger partial charge on any atom is -0.324 e. The van der Waals surface area contributed by atoms with Gasteiger partial charge < -0.3 is 5.32 Å². The average Bonchev–Trinajstić information content (AvgIpc) is 2.90. The number of hydrogen-bond donors (Lipinski definition) is 1. The molecule has 0 fully saturated rings. The molecule has 2 unspecified atom stereocenters. The second kappa shape index (κ2) is 7.48. The molecule has 1 heterocycles. The number of nitrogens with one attached hydrogen (secondary N) is 1. The van der Waals surface area contributed by atoms with E-state index in [1.54, 1.807) is 31.2 Å². The lowest BCUT2D eigenvalue weighted by molar-refractivity contribution is -0.121. The molecule has 0 aromatic heterocycles. The van der Waals surface area contributed by atoms with Crippen LogP contribution in [0.2, 0.25) is 5.02 Å². The van der Waals surface area contributed by atoms with Crippen LogP contribution >= 0.6 is 11.6 Å². The molecule has 1 aliphatic heterocycles. The van der Waals surface area contributed by atoms with Crippen LogP contribution in [-0.4, -0.2) is 28.7 Å². The maximum atomic E-state index is 13.3. The van der Waals surface area contributed by atoms with Crippen molar-refractivity contribution in [2.24, 2.45) is 5.92 Å². The summed E-state index contributed by atoms with van der Waals surface area (Å²) in [5, 5.41) is 2.50. The third-order valence-electron chi connectivity index (χ3n) is 4.74. The fraction of sp³-hybridized carbons (Fsp3) is 0.250. The van der Waals surface area contributed by atoms with Gasteiger partial charge in [0.2, 0.25) is 5.91 Å². The van der Waals surface area contributed by atoms with E-state index in [-0.39, 0.29) is 27.8 Å². The summed E-state index contributed by atoms with van der Waals surface area (Å²) in [6, 6.07) is 9.28. The summed E-state index contributed by atoms with van der Waals surface area (Å²) < 4.78 is 13.3. The van der Waals surface area contributed by atoms with Crippen LogP contribution in [0.5, 0.6) is 0 Å². The molecule has 3 amide bonds. The molecule has 3 rings (SSSR count). The summed E-state index contributed by atoms with van der Waals surface area (Å²) in [4.78, 5) is 39.5. The zero-order valence-corrected chi connectivity index (χ0v) is 15.6. The second-order valence-electron chi connectivity index (χ2n) is 6.47. The van der Waals surface area contributed by atoms with Crippen molar-refractivity contribution >= 4 is 35.0 Å².